The molecule has 7 heteroatoms. The summed E-state index contributed by atoms with van der Waals surface area (Å²) in [5.41, 5.74) is 8.19. The second-order valence-corrected chi connectivity index (χ2v) is 8.33. The summed E-state index contributed by atoms with van der Waals surface area (Å²) in [6, 6.07) is 11.2. The zero-order valence-corrected chi connectivity index (χ0v) is 16.0. The van der Waals surface area contributed by atoms with Crippen molar-refractivity contribution in [2.45, 2.75) is 26.8 Å². The van der Waals surface area contributed by atoms with Gasteiger partial charge in [-0.25, -0.2) is 13.8 Å². The predicted octanol–water partition coefficient (Wildman–Crippen LogP) is 2.90. The monoisotopic (exact) mass is 373 g/mol. The minimum absolute atomic E-state index is 0.00462. The number of amides is 1. The molecule has 138 valence electrons. The SMILES string of the molecule is CCCNN1Cc2cc(-c3cccc(NS(C)(=O)=O)c3)cc(C)c2C1=O. The van der Waals surface area contributed by atoms with Crippen LogP contribution in [-0.4, -0.2) is 32.1 Å². The molecular formula is C19H23N3O3S. The van der Waals surface area contributed by atoms with Crippen molar-refractivity contribution in [1.82, 2.24) is 10.4 Å². The average molecular weight is 373 g/mol. The molecule has 0 spiro atoms. The van der Waals surface area contributed by atoms with Gasteiger partial charge in [-0.1, -0.05) is 25.1 Å². The van der Waals surface area contributed by atoms with E-state index in [0.717, 1.165) is 47.0 Å². The summed E-state index contributed by atoms with van der Waals surface area (Å²) in [4.78, 5) is 12.6. The largest absolute Gasteiger partial charge is 0.284 e. The van der Waals surface area contributed by atoms with Crippen molar-refractivity contribution >= 4 is 21.6 Å². The van der Waals surface area contributed by atoms with Gasteiger partial charge in [0.2, 0.25) is 10.0 Å². The zero-order chi connectivity index (χ0) is 18.9. The molecule has 0 bridgehead atoms. The van der Waals surface area contributed by atoms with E-state index in [4.69, 9.17) is 0 Å². The molecule has 3 rings (SSSR count). The Bertz CT molecular complexity index is 954. The number of hydrogen-bond acceptors (Lipinski definition) is 4. The number of nitrogens with zero attached hydrogens (tertiary/aromatic N) is 1. The normalized spacial score (nSPS) is 13.8. The van der Waals surface area contributed by atoms with E-state index in [1.54, 1.807) is 17.1 Å². The van der Waals surface area contributed by atoms with E-state index >= 15 is 0 Å². The van der Waals surface area contributed by atoms with Crippen LogP contribution in [0, 0.1) is 6.92 Å². The highest BCUT2D eigenvalue weighted by molar-refractivity contribution is 7.92. The van der Waals surface area contributed by atoms with Crippen LogP contribution < -0.4 is 10.1 Å². The molecule has 2 N–H and O–H groups in total. The molecule has 0 saturated heterocycles. The maximum atomic E-state index is 12.6. The molecule has 0 saturated carbocycles. The van der Waals surface area contributed by atoms with Crippen LogP contribution in [0.1, 0.15) is 34.8 Å². The van der Waals surface area contributed by atoms with Crippen LogP contribution in [0.25, 0.3) is 11.1 Å². The zero-order valence-electron chi connectivity index (χ0n) is 15.2. The fourth-order valence-electron chi connectivity index (χ4n) is 3.19. The number of aryl methyl sites for hydroxylation is 1. The van der Waals surface area contributed by atoms with E-state index in [1.165, 1.54) is 0 Å². The highest BCUT2D eigenvalue weighted by atomic mass is 32.2. The van der Waals surface area contributed by atoms with Crippen molar-refractivity contribution in [1.29, 1.82) is 0 Å². The van der Waals surface area contributed by atoms with Gasteiger partial charge >= 0.3 is 0 Å². The van der Waals surface area contributed by atoms with Crippen LogP contribution in [0.2, 0.25) is 0 Å². The first kappa shape index (κ1) is 18.4. The Morgan fingerprint density at radius 1 is 1.15 bits per heavy atom. The topological polar surface area (TPSA) is 78.5 Å². The van der Waals surface area contributed by atoms with Crippen molar-refractivity contribution in [2.24, 2.45) is 0 Å². The van der Waals surface area contributed by atoms with E-state index in [2.05, 4.69) is 17.1 Å². The molecule has 0 unspecified atom stereocenters. The van der Waals surface area contributed by atoms with Crippen LogP contribution in [0.5, 0.6) is 0 Å². The van der Waals surface area contributed by atoms with Gasteiger partial charge in [0.05, 0.1) is 12.8 Å². The molecule has 2 aromatic rings. The van der Waals surface area contributed by atoms with Gasteiger partial charge in [-0.2, -0.15) is 0 Å². The molecule has 0 radical (unpaired) electrons. The Kier molecular flexibility index (Phi) is 5.02. The Morgan fingerprint density at radius 3 is 2.62 bits per heavy atom. The van der Waals surface area contributed by atoms with Crippen molar-refractivity contribution in [3.8, 4) is 11.1 Å². The Morgan fingerprint density at radius 2 is 1.92 bits per heavy atom. The van der Waals surface area contributed by atoms with Crippen molar-refractivity contribution < 1.29 is 13.2 Å². The number of carbonyl (C=O) groups excluding carboxylic acids is 1. The van der Waals surface area contributed by atoms with Gasteiger partial charge in [-0.05, 0) is 53.8 Å². The number of hydrogen-bond donors (Lipinski definition) is 2. The molecule has 6 nitrogen and oxygen atoms in total. The van der Waals surface area contributed by atoms with Crippen LogP contribution >= 0.6 is 0 Å². The highest BCUT2D eigenvalue weighted by Gasteiger charge is 2.29. The quantitative estimate of drug-likeness (QED) is 0.816. The first-order valence-electron chi connectivity index (χ1n) is 8.55. The summed E-state index contributed by atoms with van der Waals surface area (Å²) in [5.74, 6) is 0.00462. The van der Waals surface area contributed by atoms with Gasteiger partial charge in [0.1, 0.15) is 0 Å². The van der Waals surface area contributed by atoms with Gasteiger partial charge in [0.15, 0.2) is 0 Å². The van der Waals surface area contributed by atoms with E-state index in [0.29, 0.717) is 12.2 Å². The van der Waals surface area contributed by atoms with Gasteiger partial charge in [-0.3, -0.25) is 14.5 Å². The first-order chi connectivity index (χ1) is 12.3. The molecular weight excluding hydrogens is 350 g/mol. The second-order valence-electron chi connectivity index (χ2n) is 6.58. The van der Waals surface area contributed by atoms with E-state index < -0.39 is 10.0 Å². The summed E-state index contributed by atoms with van der Waals surface area (Å²) in [6.07, 6.45) is 2.08. The Balaban J connectivity index is 1.94. The molecule has 1 aliphatic heterocycles. The third kappa shape index (κ3) is 3.89. The lowest BCUT2D eigenvalue weighted by Gasteiger charge is -2.16. The standard InChI is InChI=1S/C19H23N3O3S/c1-4-8-20-22-12-16-10-15(9-13(2)18(16)19(22)23)14-6-5-7-17(11-14)21-26(3,24)25/h5-7,9-11,20-21H,4,8,12H2,1-3H3. The molecule has 0 fully saturated rings. The van der Waals surface area contributed by atoms with Gasteiger partial charge < -0.3 is 0 Å². The van der Waals surface area contributed by atoms with E-state index in [9.17, 15) is 13.2 Å². The van der Waals surface area contributed by atoms with Gasteiger partial charge in [0.25, 0.3) is 5.91 Å². The molecule has 1 heterocycles. The fourth-order valence-corrected chi connectivity index (χ4v) is 3.74. The lowest BCUT2D eigenvalue weighted by Crippen LogP contribution is -2.38. The maximum absolute atomic E-state index is 12.6. The van der Waals surface area contributed by atoms with Crippen molar-refractivity contribution in [3.63, 3.8) is 0 Å². The molecule has 2 aromatic carbocycles. The molecule has 1 amide bonds. The lowest BCUT2D eigenvalue weighted by atomic mass is 9.96. The number of sulfonamides is 1. The van der Waals surface area contributed by atoms with Gasteiger partial charge in [-0.15, -0.1) is 0 Å². The molecule has 26 heavy (non-hydrogen) atoms. The number of hydrazine groups is 1. The van der Waals surface area contributed by atoms with Crippen LogP contribution in [0.3, 0.4) is 0 Å². The molecule has 1 aliphatic rings. The maximum Gasteiger partial charge on any atom is 0.268 e. The van der Waals surface area contributed by atoms with E-state index in [-0.39, 0.29) is 5.91 Å². The number of anilines is 1. The second kappa shape index (κ2) is 7.09. The lowest BCUT2D eigenvalue weighted by molar-refractivity contribution is 0.0684. The third-order valence-electron chi connectivity index (χ3n) is 4.26. The minimum Gasteiger partial charge on any atom is -0.284 e. The fraction of sp³-hybridized carbons (Fsp3) is 0.316. The Labute approximate surface area is 154 Å². The predicted molar refractivity (Wildman–Crippen MR) is 103 cm³/mol. The molecule has 0 atom stereocenters. The third-order valence-corrected chi connectivity index (χ3v) is 4.86. The smallest absolute Gasteiger partial charge is 0.268 e. The summed E-state index contributed by atoms with van der Waals surface area (Å²) in [6.45, 7) is 5.28. The number of nitrogens with one attached hydrogen (secondary N) is 2. The van der Waals surface area contributed by atoms with Crippen LogP contribution in [-0.2, 0) is 16.6 Å². The van der Waals surface area contributed by atoms with Crippen LogP contribution in [0.4, 0.5) is 5.69 Å². The summed E-state index contributed by atoms with van der Waals surface area (Å²) < 4.78 is 25.4. The molecule has 0 aromatic heterocycles. The van der Waals surface area contributed by atoms with Crippen LogP contribution in [0.15, 0.2) is 36.4 Å². The number of rotatable bonds is 6. The highest BCUT2D eigenvalue weighted by Crippen LogP contribution is 2.31. The molecule has 0 aliphatic carbocycles. The number of benzene rings is 2. The summed E-state index contributed by atoms with van der Waals surface area (Å²) in [7, 11) is -3.33. The minimum atomic E-state index is -3.33. The number of fused-ring (bicyclic) bond motifs is 1. The van der Waals surface area contributed by atoms with Crippen molar-refractivity contribution in [2.75, 3.05) is 17.5 Å². The first-order valence-corrected chi connectivity index (χ1v) is 10.4. The summed E-state index contributed by atoms with van der Waals surface area (Å²) in [5, 5.41) is 1.66. The number of carbonyl (C=O) groups is 1. The van der Waals surface area contributed by atoms with Crippen molar-refractivity contribution in [3.05, 3.63) is 53.1 Å². The Hall–Kier alpha value is -2.38. The summed E-state index contributed by atoms with van der Waals surface area (Å²) >= 11 is 0. The van der Waals surface area contributed by atoms with E-state index in [1.807, 2.05) is 31.2 Å². The van der Waals surface area contributed by atoms with Gasteiger partial charge in [0, 0.05) is 17.8 Å². The average Bonchev–Trinajstić information content (AvgIpc) is 2.88.